The van der Waals surface area contributed by atoms with Crippen molar-refractivity contribution in [3.05, 3.63) is 76.6 Å². The van der Waals surface area contributed by atoms with E-state index in [0.29, 0.717) is 44.1 Å². The second-order valence-electron chi connectivity index (χ2n) is 8.69. The van der Waals surface area contributed by atoms with Gasteiger partial charge in [0, 0.05) is 50.1 Å². The molecule has 33 heavy (non-hydrogen) atoms. The number of halogens is 1. The Labute approximate surface area is 193 Å². The molecule has 0 saturated carbocycles. The third-order valence-corrected chi connectivity index (χ3v) is 5.78. The van der Waals surface area contributed by atoms with E-state index in [-0.39, 0.29) is 11.7 Å². The van der Waals surface area contributed by atoms with Crippen LogP contribution < -0.4 is 9.80 Å². The zero-order valence-corrected chi connectivity index (χ0v) is 19.5. The van der Waals surface area contributed by atoms with Crippen molar-refractivity contribution in [1.82, 2.24) is 19.9 Å². The van der Waals surface area contributed by atoms with Crippen LogP contribution in [0.2, 0.25) is 0 Å². The monoisotopic (exact) mass is 448 g/mol. The van der Waals surface area contributed by atoms with Gasteiger partial charge in [-0.05, 0) is 44.2 Å². The molecule has 7 nitrogen and oxygen atoms in total. The van der Waals surface area contributed by atoms with E-state index in [1.807, 2.05) is 39.0 Å². The van der Waals surface area contributed by atoms with Gasteiger partial charge in [0.15, 0.2) is 0 Å². The van der Waals surface area contributed by atoms with Crippen molar-refractivity contribution in [2.24, 2.45) is 0 Å². The van der Waals surface area contributed by atoms with Gasteiger partial charge in [-0.15, -0.1) is 0 Å². The molecule has 3 aromatic rings. The Bertz CT molecular complexity index is 1150. The highest BCUT2D eigenvalue weighted by Crippen LogP contribution is 2.29. The fourth-order valence-corrected chi connectivity index (χ4v) is 4.19. The molecular weight excluding hydrogens is 419 g/mol. The van der Waals surface area contributed by atoms with E-state index in [4.69, 9.17) is 9.97 Å². The molecule has 0 fully saturated rings. The molecule has 0 saturated heterocycles. The molecule has 0 spiro atoms. The largest absolute Gasteiger partial charge is 0.362 e. The predicted molar refractivity (Wildman–Crippen MR) is 126 cm³/mol. The van der Waals surface area contributed by atoms with Gasteiger partial charge in [0.25, 0.3) is 0 Å². The van der Waals surface area contributed by atoms with Crippen LogP contribution in [-0.2, 0) is 30.8 Å². The highest BCUT2D eigenvalue weighted by atomic mass is 19.1. The Morgan fingerprint density at radius 2 is 1.79 bits per heavy atom. The van der Waals surface area contributed by atoms with E-state index < -0.39 is 0 Å². The molecule has 2 aromatic heterocycles. The summed E-state index contributed by atoms with van der Waals surface area (Å²) in [6.45, 7) is 3.56. The average molecular weight is 449 g/mol. The van der Waals surface area contributed by atoms with Gasteiger partial charge in [0.2, 0.25) is 5.91 Å². The van der Waals surface area contributed by atoms with Gasteiger partial charge in [-0.25, -0.2) is 19.3 Å². The van der Waals surface area contributed by atoms with Crippen LogP contribution in [-0.4, -0.2) is 46.9 Å². The summed E-state index contributed by atoms with van der Waals surface area (Å²) in [6.07, 6.45) is 2.85. The molecule has 0 radical (unpaired) electrons. The molecule has 1 aliphatic heterocycles. The highest BCUT2D eigenvalue weighted by molar-refractivity contribution is 5.95. The van der Waals surface area contributed by atoms with Crippen molar-refractivity contribution in [3.63, 3.8) is 0 Å². The van der Waals surface area contributed by atoms with Gasteiger partial charge >= 0.3 is 0 Å². The number of pyridine rings is 1. The van der Waals surface area contributed by atoms with E-state index in [0.717, 1.165) is 28.2 Å². The van der Waals surface area contributed by atoms with Crippen LogP contribution in [0.25, 0.3) is 0 Å². The quantitative estimate of drug-likeness (QED) is 0.551. The van der Waals surface area contributed by atoms with E-state index in [9.17, 15) is 9.18 Å². The Morgan fingerprint density at radius 3 is 2.52 bits per heavy atom. The maximum Gasteiger partial charge on any atom is 0.228 e. The van der Waals surface area contributed by atoms with E-state index in [2.05, 4.69) is 16.0 Å². The Balaban J connectivity index is 1.57. The van der Waals surface area contributed by atoms with Crippen molar-refractivity contribution in [1.29, 1.82) is 0 Å². The number of nitrogens with zero attached hydrogens (tertiary/aromatic N) is 6. The van der Waals surface area contributed by atoms with Crippen LogP contribution in [0.1, 0.15) is 34.6 Å². The summed E-state index contributed by atoms with van der Waals surface area (Å²) in [5.41, 5.74) is 3.88. The lowest BCUT2D eigenvalue weighted by atomic mass is 10.0. The lowest BCUT2D eigenvalue weighted by Gasteiger charge is -2.30. The number of aryl methyl sites for hydroxylation is 1. The predicted octanol–water partition coefficient (Wildman–Crippen LogP) is 3.50. The summed E-state index contributed by atoms with van der Waals surface area (Å²) in [7, 11) is 5.98. The number of anilines is 2. The van der Waals surface area contributed by atoms with Gasteiger partial charge in [0.05, 0.1) is 13.1 Å². The van der Waals surface area contributed by atoms with Crippen LogP contribution in [0.5, 0.6) is 0 Å². The summed E-state index contributed by atoms with van der Waals surface area (Å²) < 4.78 is 13.3. The molecule has 1 amide bonds. The number of carbonyl (C=O) groups is 1. The normalized spacial score (nSPS) is 13.4. The molecule has 0 aliphatic carbocycles. The number of rotatable bonds is 7. The number of aromatic nitrogens is 3. The number of benzene rings is 1. The van der Waals surface area contributed by atoms with E-state index >= 15 is 0 Å². The van der Waals surface area contributed by atoms with Crippen molar-refractivity contribution < 1.29 is 9.18 Å². The second-order valence-corrected chi connectivity index (χ2v) is 8.69. The Kier molecular flexibility index (Phi) is 6.65. The maximum absolute atomic E-state index is 13.3. The topological polar surface area (TPSA) is 65.5 Å². The first-order valence-corrected chi connectivity index (χ1v) is 11.0. The minimum absolute atomic E-state index is 0.0233. The highest BCUT2D eigenvalue weighted by Gasteiger charge is 2.28. The van der Waals surface area contributed by atoms with Gasteiger partial charge < -0.3 is 4.90 Å². The van der Waals surface area contributed by atoms with Crippen molar-refractivity contribution >= 4 is 17.5 Å². The molecule has 3 heterocycles. The second kappa shape index (κ2) is 9.62. The summed E-state index contributed by atoms with van der Waals surface area (Å²) in [5.74, 6) is 2.00. The van der Waals surface area contributed by atoms with Crippen molar-refractivity contribution in [3.8, 4) is 0 Å². The average Bonchev–Trinajstić information content (AvgIpc) is 2.77. The fraction of sp³-hybridized carbons (Fsp3) is 0.360. The first-order chi connectivity index (χ1) is 15.8. The number of hydrogen-bond acceptors (Lipinski definition) is 6. The molecule has 1 aromatic carbocycles. The van der Waals surface area contributed by atoms with Gasteiger partial charge in [-0.2, -0.15) is 0 Å². The molecule has 0 N–H and O–H groups in total. The minimum Gasteiger partial charge on any atom is -0.362 e. The minimum atomic E-state index is -0.293. The van der Waals surface area contributed by atoms with Gasteiger partial charge in [-0.3, -0.25) is 14.6 Å². The first kappa shape index (κ1) is 22.8. The Hall–Kier alpha value is -3.39. The summed E-state index contributed by atoms with van der Waals surface area (Å²) >= 11 is 0. The lowest BCUT2D eigenvalue weighted by Crippen LogP contribution is -2.36. The van der Waals surface area contributed by atoms with E-state index in [1.165, 1.54) is 12.1 Å². The van der Waals surface area contributed by atoms with Gasteiger partial charge in [0.1, 0.15) is 23.3 Å². The number of hydrogen-bond donors (Lipinski definition) is 0. The zero-order valence-electron chi connectivity index (χ0n) is 19.5. The van der Waals surface area contributed by atoms with Crippen molar-refractivity contribution in [2.45, 2.75) is 39.4 Å². The lowest BCUT2D eigenvalue weighted by molar-refractivity contribution is -0.119. The van der Waals surface area contributed by atoms with Crippen LogP contribution in [0.15, 0.2) is 42.6 Å². The standard InChI is InChI=1S/C25H29FN6O/c1-17-21-11-12-23(33)32(14-18-7-9-20(26)10-8-18)25(21)29-22(28-17)16-31(4)15-19-6-5-13-27-24(19)30(2)3/h5-10,13H,11-12,14-16H2,1-4H3. The molecule has 0 bridgehead atoms. The Morgan fingerprint density at radius 1 is 1.03 bits per heavy atom. The molecule has 172 valence electrons. The third-order valence-electron chi connectivity index (χ3n) is 5.78. The summed E-state index contributed by atoms with van der Waals surface area (Å²) in [5, 5.41) is 0. The van der Waals surface area contributed by atoms with E-state index in [1.54, 1.807) is 23.2 Å². The molecular formula is C25H29FN6O. The summed E-state index contributed by atoms with van der Waals surface area (Å²) in [4.78, 5) is 32.7. The van der Waals surface area contributed by atoms with Crippen LogP contribution in [0.4, 0.5) is 16.0 Å². The van der Waals surface area contributed by atoms with Crippen molar-refractivity contribution in [2.75, 3.05) is 30.9 Å². The fourth-order valence-electron chi connectivity index (χ4n) is 4.19. The molecule has 4 rings (SSSR count). The van der Waals surface area contributed by atoms with Crippen LogP contribution in [0, 0.1) is 12.7 Å². The van der Waals surface area contributed by atoms with Crippen LogP contribution >= 0.6 is 0 Å². The number of carbonyl (C=O) groups excluding carboxylic acids is 1. The van der Waals surface area contributed by atoms with Crippen LogP contribution in [0.3, 0.4) is 0 Å². The van der Waals surface area contributed by atoms with Gasteiger partial charge in [-0.1, -0.05) is 18.2 Å². The molecule has 1 aliphatic rings. The molecule has 8 heteroatoms. The third kappa shape index (κ3) is 5.17. The zero-order chi connectivity index (χ0) is 23.5. The first-order valence-electron chi connectivity index (χ1n) is 11.0. The number of amides is 1. The smallest absolute Gasteiger partial charge is 0.228 e. The summed E-state index contributed by atoms with van der Waals surface area (Å²) in [6, 6.07) is 10.2. The number of fused-ring (bicyclic) bond motifs is 1. The maximum atomic E-state index is 13.3. The molecule has 0 atom stereocenters. The molecule has 0 unspecified atom stereocenters. The SMILES string of the molecule is Cc1nc(CN(C)Cc2cccnc2N(C)C)nc2c1CCC(=O)N2Cc1ccc(F)cc1.